The number of rotatable bonds is 5. The molecule has 1 N–H and O–H groups in total. The fourth-order valence-corrected chi connectivity index (χ4v) is 4.04. The van der Waals surface area contributed by atoms with Crippen LogP contribution in [0.4, 0.5) is 23.9 Å². The van der Waals surface area contributed by atoms with Gasteiger partial charge < -0.3 is 19.5 Å². The summed E-state index contributed by atoms with van der Waals surface area (Å²) in [7, 11) is 0. The summed E-state index contributed by atoms with van der Waals surface area (Å²) in [5.41, 5.74) is 1.20. The summed E-state index contributed by atoms with van der Waals surface area (Å²) < 4.78 is 46.0. The predicted octanol–water partition coefficient (Wildman–Crippen LogP) is 4.32. The fourth-order valence-electron chi connectivity index (χ4n) is 2.89. The Hall–Kier alpha value is -2.77. The molecule has 0 saturated carbocycles. The van der Waals surface area contributed by atoms with Crippen molar-refractivity contribution in [3.63, 3.8) is 0 Å². The molecule has 0 aliphatic carbocycles. The summed E-state index contributed by atoms with van der Waals surface area (Å²) in [5, 5.41) is 10.2. The van der Waals surface area contributed by atoms with Gasteiger partial charge in [0.25, 0.3) is 0 Å². The lowest BCUT2D eigenvalue weighted by molar-refractivity contribution is -0.274. The second kappa shape index (κ2) is 8.08. The number of nitrogens with zero attached hydrogens (tertiary/aromatic N) is 2. The number of hydrogen-bond donors (Lipinski definition) is 1. The number of carboxylic acid groups (broad SMARTS) is 1. The first-order chi connectivity index (χ1) is 13.3. The molecule has 0 radical (unpaired) electrons. The van der Waals surface area contributed by atoms with Crippen LogP contribution in [-0.4, -0.2) is 43.7 Å². The Kier molecular flexibility index (Phi) is 5.76. The third-order valence-electron chi connectivity index (χ3n) is 4.10. The number of carboxylic acids is 1. The largest absolute Gasteiger partial charge is 0.573 e. The minimum atomic E-state index is -4.78. The molecule has 1 aliphatic heterocycles. The Morgan fingerprint density at radius 2 is 1.93 bits per heavy atom. The lowest BCUT2D eigenvalue weighted by Gasteiger charge is -2.28. The van der Waals surface area contributed by atoms with E-state index in [1.807, 2.05) is 4.90 Å². The Morgan fingerprint density at radius 3 is 2.46 bits per heavy atom. The van der Waals surface area contributed by atoms with Crippen molar-refractivity contribution >= 4 is 28.0 Å². The number of hydrogen-bond acceptors (Lipinski definition) is 5. The number of benzene rings is 1. The van der Waals surface area contributed by atoms with Crippen LogP contribution in [0, 0.1) is 6.57 Å². The molecule has 1 aliphatic rings. The van der Waals surface area contributed by atoms with E-state index in [1.54, 1.807) is 0 Å². The van der Waals surface area contributed by atoms with Crippen LogP contribution >= 0.6 is 11.3 Å². The minimum absolute atomic E-state index is 0.0584. The van der Waals surface area contributed by atoms with Crippen LogP contribution in [0.25, 0.3) is 4.85 Å². The van der Waals surface area contributed by atoms with Gasteiger partial charge in [-0.1, -0.05) is 12.1 Å². The maximum Gasteiger partial charge on any atom is 0.573 e. The molecule has 0 bridgehead atoms. The van der Waals surface area contributed by atoms with Gasteiger partial charge in [-0.3, -0.25) is 0 Å². The fraction of sp³-hybridized carbons (Fsp3) is 0.333. The molecule has 148 valence electrons. The van der Waals surface area contributed by atoms with Crippen LogP contribution < -0.4 is 9.64 Å². The predicted molar refractivity (Wildman–Crippen MR) is 96.5 cm³/mol. The summed E-state index contributed by atoms with van der Waals surface area (Å²) in [6, 6.07) is 5.17. The Bertz CT molecular complexity index is 897. The summed E-state index contributed by atoms with van der Waals surface area (Å²) in [6.07, 6.45) is -4.66. The van der Waals surface area contributed by atoms with Gasteiger partial charge in [0.2, 0.25) is 5.69 Å². The zero-order valence-corrected chi connectivity index (χ0v) is 15.3. The van der Waals surface area contributed by atoms with Gasteiger partial charge in [-0.05, 0) is 29.7 Å². The third kappa shape index (κ3) is 4.55. The van der Waals surface area contributed by atoms with Crippen molar-refractivity contribution in [3.05, 3.63) is 51.7 Å². The van der Waals surface area contributed by atoms with Crippen LogP contribution in [0.15, 0.2) is 24.3 Å². The summed E-state index contributed by atoms with van der Waals surface area (Å²) in [5.74, 6) is -1.50. The van der Waals surface area contributed by atoms with Gasteiger partial charge >= 0.3 is 12.3 Å². The molecule has 0 amide bonds. The lowest BCUT2D eigenvalue weighted by atomic mass is 10.0. The van der Waals surface area contributed by atoms with Crippen LogP contribution in [0.2, 0.25) is 0 Å². The Balaban J connectivity index is 1.91. The van der Waals surface area contributed by atoms with Crippen LogP contribution in [0.5, 0.6) is 5.75 Å². The highest BCUT2D eigenvalue weighted by Gasteiger charge is 2.31. The maximum atomic E-state index is 12.3. The minimum Gasteiger partial charge on any atom is -0.477 e. The first kappa shape index (κ1) is 20.0. The van der Waals surface area contributed by atoms with Crippen molar-refractivity contribution in [2.24, 2.45) is 0 Å². The van der Waals surface area contributed by atoms with Gasteiger partial charge in [-0.25, -0.2) is 9.64 Å². The van der Waals surface area contributed by atoms with E-state index in [9.17, 15) is 23.1 Å². The first-order valence-corrected chi connectivity index (χ1v) is 9.04. The number of alkyl halides is 3. The van der Waals surface area contributed by atoms with E-state index < -0.39 is 12.3 Å². The quantitative estimate of drug-likeness (QED) is 0.741. The molecule has 10 heteroatoms. The smallest absolute Gasteiger partial charge is 0.477 e. The molecule has 0 unspecified atom stereocenters. The Labute approximate surface area is 162 Å². The van der Waals surface area contributed by atoms with Gasteiger partial charge in [0.15, 0.2) is 0 Å². The number of morpholine rings is 1. The van der Waals surface area contributed by atoms with Crippen molar-refractivity contribution < 1.29 is 32.5 Å². The van der Waals surface area contributed by atoms with Crippen molar-refractivity contribution in [1.82, 2.24) is 0 Å². The molecule has 6 nitrogen and oxygen atoms in total. The van der Waals surface area contributed by atoms with Crippen LogP contribution in [0.1, 0.15) is 20.8 Å². The van der Waals surface area contributed by atoms with Crippen molar-refractivity contribution in [1.29, 1.82) is 0 Å². The number of ether oxygens (including phenoxy) is 2. The molecule has 1 fully saturated rings. The molecular formula is C18H15F3N2O4S. The molecule has 0 atom stereocenters. The van der Waals surface area contributed by atoms with Crippen molar-refractivity contribution in [3.8, 4) is 5.75 Å². The van der Waals surface area contributed by atoms with Crippen LogP contribution in [0.3, 0.4) is 0 Å². The van der Waals surface area contributed by atoms with E-state index >= 15 is 0 Å². The molecule has 28 heavy (non-hydrogen) atoms. The molecule has 1 aromatic heterocycles. The molecule has 0 spiro atoms. The lowest BCUT2D eigenvalue weighted by Crippen LogP contribution is -2.35. The molecular weight excluding hydrogens is 397 g/mol. The summed E-state index contributed by atoms with van der Waals surface area (Å²) >= 11 is 1.04. The third-order valence-corrected chi connectivity index (χ3v) is 5.37. The molecule has 1 aromatic carbocycles. The van der Waals surface area contributed by atoms with Gasteiger partial charge in [-0.15, -0.1) is 24.5 Å². The number of carbonyl (C=O) groups is 1. The average Bonchev–Trinajstić information content (AvgIpc) is 3.01. The van der Waals surface area contributed by atoms with E-state index in [0.717, 1.165) is 23.5 Å². The van der Waals surface area contributed by atoms with Crippen LogP contribution in [-0.2, 0) is 11.2 Å². The Morgan fingerprint density at radius 1 is 1.29 bits per heavy atom. The van der Waals surface area contributed by atoms with Gasteiger partial charge in [0.1, 0.15) is 10.6 Å². The highest BCUT2D eigenvalue weighted by atomic mass is 32.1. The van der Waals surface area contributed by atoms with Crippen molar-refractivity contribution in [2.45, 2.75) is 12.8 Å². The number of halogens is 3. The number of anilines is 1. The molecule has 2 aromatic rings. The topological polar surface area (TPSA) is 63.4 Å². The molecule has 3 rings (SSSR count). The normalized spacial score (nSPS) is 14.6. The average molecular weight is 412 g/mol. The standard InChI is InChI=1S/C18H15F3N2O4S/c1-22-14-13(10-11-2-4-12(5-3-11)27-18(19,20)21)15(17(24)25)28-16(14)23-6-8-26-9-7-23/h2-5H,6-10H2,(H,24,25). The van der Waals surface area contributed by atoms with E-state index in [2.05, 4.69) is 9.58 Å². The SMILES string of the molecule is [C-]#[N+]c1c(N2CCOCC2)sc(C(=O)O)c1Cc1ccc(OC(F)(F)F)cc1. The summed E-state index contributed by atoms with van der Waals surface area (Å²) in [6.45, 7) is 9.64. The number of aromatic carboxylic acids is 1. The zero-order chi connectivity index (χ0) is 20.3. The zero-order valence-electron chi connectivity index (χ0n) is 14.5. The van der Waals surface area contributed by atoms with Gasteiger partial charge in [0.05, 0.1) is 24.8 Å². The van der Waals surface area contributed by atoms with E-state index in [1.165, 1.54) is 12.1 Å². The maximum absolute atomic E-state index is 12.3. The molecule has 2 heterocycles. The second-order valence-electron chi connectivity index (χ2n) is 5.95. The first-order valence-electron chi connectivity index (χ1n) is 8.22. The second-order valence-corrected chi connectivity index (χ2v) is 6.95. The highest BCUT2D eigenvalue weighted by Crippen LogP contribution is 2.44. The van der Waals surface area contributed by atoms with E-state index in [4.69, 9.17) is 11.3 Å². The summed E-state index contributed by atoms with van der Waals surface area (Å²) in [4.78, 5) is 17.2. The van der Waals surface area contributed by atoms with Gasteiger partial charge in [-0.2, -0.15) is 0 Å². The molecule has 1 saturated heterocycles. The highest BCUT2D eigenvalue weighted by molar-refractivity contribution is 7.18. The monoisotopic (exact) mass is 412 g/mol. The number of thiophene rings is 1. The van der Waals surface area contributed by atoms with E-state index in [-0.39, 0.29) is 22.7 Å². The van der Waals surface area contributed by atoms with Crippen molar-refractivity contribution in [2.75, 3.05) is 31.2 Å². The van der Waals surface area contributed by atoms with E-state index in [0.29, 0.717) is 42.4 Å². The van der Waals surface area contributed by atoms with Gasteiger partial charge in [0, 0.05) is 13.1 Å².